The molecule has 0 amide bonds. The van der Waals surface area contributed by atoms with Crippen LogP contribution in [-0.2, 0) is 6.54 Å². The largest absolute Gasteiger partial charge is 0.475 e. The van der Waals surface area contributed by atoms with Gasteiger partial charge in [-0.25, -0.2) is 4.79 Å². The first-order valence-corrected chi connectivity index (χ1v) is 7.01. The number of carboxylic acids is 1. The maximum atomic E-state index is 10.6. The van der Waals surface area contributed by atoms with Gasteiger partial charge in [0.1, 0.15) is 5.76 Å². The second-order valence-electron chi connectivity index (χ2n) is 4.26. The van der Waals surface area contributed by atoms with Gasteiger partial charge in [0.05, 0.1) is 6.54 Å². The first kappa shape index (κ1) is 12.5. The lowest BCUT2D eigenvalue weighted by Gasteiger charge is -2.21. The van der Waals surface area contributed by atoms with Gasteiger partial charge in [0.2, 0.25) is 5.76 Å². The van der Waals surface area contributed by atoms with Crippen molar-refractivity contribution in [3.05, 3.63) is 23.7 Å². The molecule has 2 N–H and O–H groups in total. The summed E-state index contributed by atoms with van der Waals surface area (Å²) in [6.07, 6.45) is 2.55. The molecule has 2 rings (SSSR count). The van der Waals surface area contributed by atoms with Crippen molar-refractivity contribution >= 4 is 17.7 Å². The van der Waals surface area contributed by atoms with Crippen LogP contribution >= 0.6 is 11.8 Å². The fourth-order valence-corrected chi connectivity index (χ4v) is 3.14. The number of hydrogen-bond donors (Lipinski definition) is 2. The van der Waals surface area contributed by atoms with Crippen LogP contribution in [0.25, 0.3) is 0 Å². The number of carboxylic acid groups (broad SMARTS) is 1. The van der Waals surface area contributed by atoms with Gasteiger partial charge in [0.25, 0.3) is 0 Å². The predicted octanol–water partition coefficient (Wildman–Crippen LogP) is 2.21. The molecule has 0 atom stereocenters. The normalized spacial score (nSPS) is 17.2. The first-order valence-electron chi connectivity index (χ1n) is 5.86. The maximum absolute atomic E-state index is 10.6. The Hall–Kier alpha value is -0.940. The SMILES string of the molecule is O=C(O)c1ccc(CNCC2CCSCC2)o1. The number of rotatable bonds is 5. The Labute approximate surface area is 105 Å². The summed E-state index contributed by atoms with van der Waals surface area (Å²) in [6.45, 7) is 1.60. The van der Waals surface area contributed by atoms with Crippen molar-refractivity contribution in [2.75, 3.05) is 18.1 Å². The molecular weight excluding hydrogens is 238 g/mol. The molecule has 0 saturated carbocycles. The Kier molecular flexibility index (Phi) is 4.50. The summed E-state index contributed by atoms with van der Waals surface area (Å²) in [4.78, 5) is 10.6. The van der Waals surface area contributed by atoms with E-state index in [4.69, 9.17) is 9.52 Å². The standard InChI is InChI=1S/C12H17NO3S/c14-12(15)11-2-1-10(16-11)8-13-7-9-3-5-17-6-4-9/h1-2,9,13H,3-8H2,(H,14,15). The highest BCUT2D eigenvalue weighted by atomic mass is 32.2. The fraction of sp³-hybridized carbons (Fsp3) is 0.583. The van der Waals surface area contributed by atoms with Crippen molar-refractivity contribution in [1.29, 1.82) is 0 Å². The number of furan rings is 1. The van der Waals surface area contributed by atoms with E-state index in [9.17, 15) is 4.79 Å². The Morgan fingerprint density at radius 2 is 2.24 bits per heavy atom. The molecule has 17 heavy (non-hydrogen) atoms. The minimum absolute atomic E-state index is 0.0101. The number of hydrogen-bond acceptors (Lipinski definition) is 4. The van der Waals surface area contributed by atoms with Gasteiger partial charge < -0.3 is 14.8 Å². The van der Waals surface area contributed by atoms with Crippen LogP contribution in [0.15, 0.2) is 16.5 Å². The molecular formula is C12H17NO3S. The molecule has 5 heteroatoms. The zero-order valence-corrected chi connectivity index (χ0v) is 10.5. The van der Waals surface area contributed by atoms with Gasteiger partial charge in [-0.05, 0) is 48.9 Å². The molecule has 0 spiro atoms. The van der Waals surface area contributed by atoms with Crippen molar-refractivity contribution in [3.8, 4) is 0 Å². The molecule has 94 valence electrons. The summed E-state index contributed by atoms with van der Waals surface area (Å²) in [6, 6.07) is 3.21. The fourth-order valence-electron chi connectivity index (χ4n) is 1.94. The van der Waals surface area contributed by atoms with E-state index in [0.717, 1.165) is 12.5 Å². The number of thioether (sulfide) groups is 1. The van der Waals surface area contributed by atoms with Crippen molar-refractivity contribution in [1.82, 2.24) is 5.32 Å². The van der Waals surface area contributed by atoms with Gasteiger partial charge in [-0.3, -0.25) is 0 Å². The Morgan fingerprint density at radius 1 is 1.47 bits per heavy atom. The van der Waals surface area contributed by atoms with Crippen LogP contribution in [0, 0.1) is 5.92 Å². The molecule has 0 radical (unpaired) electrons. The summed E-state index contributed by atoms with van der Waals surface area (Å²) >= 11 is 2.02. The van der Waals surface area contributed by atoms with E-state index >= 15 is 0 Å². The van der Waals surface area contributed by atoms with E-state index in [0.29, 0.717) is 12.3 Å². The molecule has 1 aliphatic rings. The number of aromatic carboxylic acids is 1. The third kappa shape index (κ3) is 3.78. The number of nitrogens with one attached hydrogen (secondary N) is 1. The monoisotopic (exact) mass is 255 g/mol. The highest BCUT2D eigenvalue weighted by Gasteiger charge is 2.13. The topological polar surface area (TPSA) is 62.5 Å². The lowest BCUT2D eigenvalue weighted by atomic mass is 10.0. The average molecular weight is 255 g/mol. The van der Waals surface area contributed by atoms with E-state index in [1.807, 2.05) is 11.8 Å². The van der Waals surface area contributed by atoms with Gasteiger partial charge >= 0.3 is 5.97 Å². The second kappa shape index (κ2) is 6.12. The minimum Gasteiger partial charge on any atom is -0.475 e. The lowest BCUT2D eigenvalue weighted by Crippen LogP contribution is -2.25. The van der Waals surface area contributed by atoms with Gasteiger partial charge in [0.15, 0.2) is 0 Å². The Morgan fingerprint density at radius 3 is 2.88 bits per heavy atom. The summed E-state index contributed by atoms with van der Waals surface area (Å²) in [5.74, 6) is 2.96. The summed E-state index contributed by atoms with van der Waals surface area (Å²) in [7, 11) is 0. The Balaban J connectivity index is 1.71. The van der Waals surface area contributed by atoms with Gasteiger partial charge in [-0.1, -0.05) is 0 Å². The van der Waals surface area contributed by atoms with E-state index < -0.39 is 5.97 Å². The van der Waals surface area contributed by atoms with Crippen LogP contribution in [0.5, 0.6) is 0 Å². The van der Waals surface area contributed by atoms with E-state index in [1.54, 1.807) is 6.07 Å². The summed E-state index contributed by atoms with van der Waals surface area (Å²) in [5.41, 5.74) is 0. The molecule has 0 aliphatic carbocycles. The molecule has 4 nitrogen and oxygen atoms in total. The molecule has 1 aromatic rings. The number of carbonyl (C=O) groups is 1. The molecule has 1 aliphatic heterocycles. The molecule has 0 bridgehead atoms. The molecule has 1 aromatic heterocycles. The highest BCUT2D eigenvalue weighted by Crippen LogP contribution is 2.21. The van der Waals surface area contributed by atoms with Crippen molar-refractivity contribution < 1.29 is 14.3 Å². The third-order valence-corrected chi connectivity index (χ3v) is 3.99. The first-order chi connectivity index (χ1) is 8.25. The molecule has 2 heterocycles. The maximum Gasteiger partial charge on any atom is 0.371 e. The zero-order valence-electron chi connectivity index (χ0n) is 9.65. The van der Waals surface area contributed by atoms with Crippen LogP contribution in [0.4, 0.5) is 0 Å². The van der Waals surface area contributed by atoms with E-state index in [1.165, 1.54) is 30.4 Å². The highest BCUT2D eigenvalue weighted by molar-refractivity contribution is 7.99. The summed E-state index contributed by atoms with van der Waals surface area (Å²) < 4.78 is 5.17. The quantitative estimate of drug-likeness (QED) is 0.844. The van der Waals surface area contributed by atoms with Crippen LogP contribution in [-0.4, -0.2) is 29.1 Å². The van der Waals surface area contributed by atoms with E-state index in [2.05, 4.69) is 5.32 Å². The second-order valence-corrected chi connectivity index (χ2v) is 5.48. The van der Waals surface area contributed by atoms with Crippen LogP contribution < -0.4 is 5.32 Å². The minimum atomic E-state index is -1.01. The Bertz CT molecular complexity index is 372. The molecule has 1 fully saturated rings. The zero-order chi connectivity index (χ0) is 12.1. The van der Waals surface area contributed by atoms with Crippen molar-refractivity contribution in [2.24, 2.45) is 5.92 Å². The van der Waals surface area contributed by atoms with Crippen LogP contribution in [0.2, 0.25) is 0 Å². The van der Waals surface area contributed by atoms with Crippen LogP contribution in [0.1, 0.15) is 29.2 Å². The molecule has 1 saturated heterocycles. The van der Waals surface area contributed by atoms with Crippen molar-refractivity contribution in [3.63, 3.8) is 0 Å². The average Bonchev–Trinajstić information content (AvgIpc) is 2.79. The molecule has 0 aromatic carbocycles. The van der Waals surface area contributed by atoms with Gasteiger partial charge in [-0.2, -0.15) is 11.8 Å². The van der Waals surface area contributed by atoms with Gasteiger partial charge in [-0.15, -0.1) is 0 Å². The van der Waals surface area contributed by atoms with Crippen molar-refractivity contribution in [2.45, 2.75) is 19.4 Å². The third-order valence-electron chi connectivity index (χ3n) is 2.95. The molecule has 0 unspecified atom stereocenters. The van der Waals surface area contributed by atoms with E-state index in [-0.39, 0.29) is 5.76 Å². The van der Waals surface area contributed by atoms with Crippen LogP contribution in [0.3, 0.4) is 0 Å². The summed E-state index contributed by atoms with van der Waals surface area (Å²) in [5, 5.41) is 12.0. The lowest BCUT2D eigenvalue weighted by molar-refractivity contribution is 0.0660. The van der Waals surface area contributed by atoms with Gasteiger partial charge in [0, 0.05) is 0 Å². The smallest absolute Gasteiger partial charge is 0.371 e. The predicted molar refractivity (Wildman–Crippen MR) is 67.4 cm³/mol.